The zero-order chi connectivity index (χ0) is 22.3. The summed E-state index contributed by atoms with van der Waals surface area (Å²) in [5.41, 5.74) is -0.420. The Balaban J connectivity index is 1.74. The van der Waals surface area contributed by atoms with Crippen LogP contribution in [-0.4, -0.2) is 40.9 Å². The quantitative estimate of drug-likeness (QED) is 0.788. The molecule has 1 fully saturated rings. The molecule has 3 amide bonds. The zero-order valence-electron chi connectivity index (χ0n) is 17.0. The molecule has 2 aliphatic rings. The maximum absolute atomic E-state index is 13.6. The van der Waals surface area contributed by atoms with Crippen LogP contribution in [0.4, 0.5) is 20.2 Å². The highest BCUT2D eigenvalue weighted by molar-refractivity contribution is 6.18. The first-order valence-electron chi connectivity index (χ1n) is 9.88. The van der Waals surface area contributed by atoms with E-state index in [2.05, 4.69) is 10.1 Å². The van der Waals surface area contributed by atoms with Gasteiger partial charge in [-0.15, -0.1) is 0 Å². The van der Waals surface area contributed by atoms with E-state index in [4.69, 9.17) is 0 Å². The van der Waals surface area contributed by atoms with Crippen LogP contribution in [0.25, 0.3) is 0 Å². The lowest BCUT2D eigenvalue weighted by Gasteiger charge is -2.50. The molecule has 2 aliphatic heterocycles. The van der Waals surface area contributed by atoms with E-state index in [1.54, 1.807) is 38.1 Å². The van der Waals surface area contributed by atoms with Gasteiger partial charge in [-0.25, -0.2) is 0 Å². The number of carbonyl (C=O) groups excluding carboxylic acids is 3. The van der Waals surface area contributed by atoms with Crippen LogP contribution < -0.4 is 15.0 Å². The van der Waals surface area contributed by atoms with E-state index >= 15 is 0 Å². The van der Waals surface area contributed by atoms with Crippen LogP contribution in [0.15, 0.2) is 48.5 Å². The summed E-state index contributed by atoms with van der Waals surface area (Å²) in [7, 11) is 0. The minimum Gasteiger partial charge on any atom is -0.435 e. The standard InChI is InChI=1S/C22H21F2N3O4/c1-13(2)26-19(29)16-5-3-4-6-17(16)27-18(28)11-12-22(26,27)20(30)25-14-7-9-15(10-8-14)31-21(23)24/h3-10,13,21H,11-12H2,1-2H3,(H,25,30). The summed E-state index contributed by atoms with van der Waals surface area (Å²) in [6, 6.07) is 11.8. The first-order valence-corrected chi connectivity index (χ1v) is 9.88. The third kappa shape index (κ3) is 3.30. The summed E-state index contributed by atoms with van der Waals surface area (Å²) in [5, 5.41) is 2.74. The Morgan fingerprint density at radius 2 is 1.77 bits per heavy atom. The molecule has 0 spiro atoms. The van der Waals surface area contributed by atoms with E-state index < -0.39 is 18.2 Å². The molecule has 1 N–H and O–H groups in total. The highest BCUT2D eigenvalue weighted by Crippen LogP contribution is 2.45. The normalized spacial score (nSPS) is 20.2. The average molecular weight is 429 g/mol. The van der Waals surface area contributed by atoms with Crippen LogP contribution in [0.2, 0.25) is 0 Å². The second kappa shape index (κ2) is 7.64. The zero-order valence-corrected chi connectivity index (χ0v) is 17.0. The van der Waals surface area contributed by atoms with E-state index in [1.165, 1.54) is 34.1 Å². The third-order valence-electron chi connectivity index (χ3n) is 5.52. The SMILES string of the molecule is CC(C)N1C(=O)c2ccccc2N2C(=O)CCC21C(=O)Nc1ccc(OC(F)F)cc1. The van der Waals surface area contributed by atoms with Gasteiger partial charge in [-0.3, -0.25) is 19.3 Å². The molecule has 2 aromatic carbocycles. The molecule has 9 heteroatoms. The average Bonchev–Trinajstić information content (AvgIpc) is 3.07. The number of amides is 3. The van der Waals surface area contributed by atoms with Crippen molar-refractivity contribution in [3.8, 4) is 5.75 Å². The Morgan fingerprint density at radius 3 is 2.42 bits per heavy atom. The number of alkyl halides is 2. The molecule has 7 nitrogen and oxygen atoms in total. The molecule has 0 radical (unpaired) electrons. The molecule has 162 valence electrons. The second-order valence-electron chi connectivity index (χ2n) is 7.69. The molecular formula is C22H21F2N3O4. The lowest BCUT2D eigenvalue weighted by molar-refractivity contribution is -0.129. The number of hydrogen-bond acceptors (Lipinski definition) is 4. The lowest BCUT2D eigenvalue weighted by Crippen LogP contribution is -2.70. The van der Waals surface area contributed by atoms with Gasteiger partial charge in [-0.05, 0) is 50.2 Å². The molecule has 2 aromatic rings. The number of para-hydroxylation sites is 1. The number of carbonyl (C=O) groups is 3. The molecule has 0 aromatic heterocycles. The molecule has 0 bridgehead atoms. The van der Waals surface area contributed by atoms with Crippen molar-refractivity contribution in [3.63, 3.8) is 0 Å². The van der Waals surface area contributed by atoms with E-state index in [1.807, 2.05) is 0 Å². The van der Waals surface area contributed by atoms with E-state index in [9.17, 15) is 23.2 Å². The second-order valence-corrected chi connectivity index (χ2v) is 7.69. The number of ether oxygens (including phenoxy) is 1. The van der Waals surface area contributed by atoms with Crippen molar-refractivity contribution in [1.29, 1.82) is 0 Å². The molecule has 2 heterocycles. The number of nitrogens with one attached hydrogen (secondary N) is 1. The maximum Gasteiger partial charge on any atom is 0.387 e. The number of hydrogen-bond donors (Lipinski definition) is 1. The number of halogens is 2. The van der Waals surface area contributed by atoms with Crippen LogP contribution >= 0.6 is 0 Å². The van der Waals surface area contributed by atoms with Crippen molar-refractivity contribution in [3.05, 3.63) is 54.1 Å². The molecule has 4 rings (SSSR count). The topological polar surface area (TPSA) is 79.0 Å². The van der Waals surface area contributed by atoms with Gasteiger partial charge in [0.2, 0.25) is 11.6 Å². The fourth-order valence-electron chi connectivity index (χ4n) is 4.36. The summed E-state index contributed by atoms with van der Waals surface area (Å²) < 4.78 is 29.1. The van der Waals surface area contributed by atoms with Crippen molar-refractivity contribution < 1.29 is 27.9 Å². The summed E-state index contributed by atoms with van der Waals surface area (Å²) in [6.07, 6.45) is 0.252. The van der Waals surface area contributed by atoms with E-state index in [0.717, 1.165) is 0 Å². The molecule has 1 unspecified atom stereocenters. The Labute approximate surface area is 177 Å². The number of nitrogens with zero attached hydrogens (tertiary/aromatic N) is 2. The highest BCUT2D eigenvalue weighted by Gasteiger charge is 2.61. The Hall–Kier alpha value is -3.49. The smallest absolute Gasteiger partial charge is 0.387 e. The molecule has 1 saturated heterocycles. The molecule has 0 saturated carbocycles. The third-order valence-corrected chi connectivity index (χ3v) is 5.52. The summed E-state index contributed by atoms with van der Waals surface area (Å²) in [6.45, 7) is 0.627. The van der Waals surface area contributed by atoms with E-state index in [-0.39, 0.29) is 36.4 Å². The van der Waals surface area contributed by atoms with Crippen LogP contribution in [-0.2, 0) is 9.59 Å². The van der Waals surface area contributed by atoms with Gasteiger partial charge in [0, 0.05) is 24.6 Å². The minimum absolute atomic E-state index is 0.0468. The van der Waals surface area contributed by atoms with Crippen molar-refractivity contribution in [2.24, 2.45) is 0 Å². The molecule has 1 atom stereocenters. The Bertz CT molecular complexity index is 1040. The maximum atomic E-state index is 13.6. The van der Waals surface area contributed by atoms with Gasteiger partial charge < -0.3 is 15.0 Å². The van der Waals surface area contributed by atoms with Gasteiger partial charge in [-0.1, -0.05) is 12.1 Å². The van der Waals surface area contributed by atoms with Crippen molar-refractivity contribution in [2.45, 2.75) is 45.0 Å². The number of benzene rings is 2. The van der Waals surface area contributed by atoms with Gasteiger partial charge in [0.25, 0.3) is 11.8 Å². The van der Waals surface area contributed by atoms with Gasteiger partial charge in [0.15, 0.2) is 0 Å². The van der Waals surface area contributed by atoms with Crippen LogP contribution in [0.3, 0.4) is 0 Å². The Morgan fingerprint density at radius 1 is 1.10 bits per heavy atom. The summed E-state index contributed by atoms with van der Waals surface area (Å²) in [5.74, 6) is -1.17. The number of fused-ring (bicyclic) bond motifs is 3. The van der Waals surface area contributed by atoms with Gasteiger partial charge in [0.1, 0.15) is 5.75 Å². The Kier molecular flexibility index (Phi) is 5.12. The van der Waals surface area contributed by atoms with Crippen molar-refractivity contribution >= 4 is 29.1 Å². The monoisotopic (exact) mass is 429 g/mol. The molecule has 0 aliphatic carbocycles. The van der Waals surface area contributed by atoms with Gasteiger partial charge >= 0.3 is 6.61 Å². The summed E-state index contributed by atoms with van der Waals surface area (Å²) >= 11 is 0. The van der Waals surface area contributed by atoms with Gasteiger partial charge in [0.05, 0.1) is 11.3 Å². The largest absolute Gasteiger partial charge is 0.435 e. The minimum atomic E-state index is -2.95. The van der Waals surface area contributed by atoms with Crippen molar-refractivity contribution in [1.82, 2.24) is 4.90 Å². The lowest BCUT2D eigenvalue weighted by atomic mass is 9.94. The fourth-order valence-corrected chi connectivity index (χ4v) is 4.36. The highest BCUT2D eigenvalue weighted by atomic mass is 19.3. The first kappa shape index (κ1) is 20.8. The predicted molar refractivity (Wildman–Crippen MR) is 109 cm³/mol. The van der Waals surface area contributed by atoms with Crippen molar-refractivity contribution in [2.75, 3.05) is 10.2 Å². The first-order chi connectivity index (χ1) is 14.8. The number of anilines is 2. The molecular weight excluding hydrogens is 408 g/mol. The fraction of sp³-hybridized carbons (Fsp3) is 0.318. The predicted octanol–water partition coefficient (Wildman–Crippen LogP) is 3.61. The van der Waals surface area contributed by atoms with Crippen LogP contribution in [0.5, 0.6) is 5.75 Å². The van der Waals surface area contributed by atoms with Crippen LogP contribution in [0, 0.1) is 0 Å². The van der Waals surface area contributed by atoms with E-state index in [0.29, 0.717) is 16.9 Å². The number of rotatable bonds is 5. The summed E-state index contributed by atoms with van der Waals surface area (Å²) in [4.78, 5) is 42.7. The van der Waals surface area contributed by atoms with Crippen LogP contribution in [0.1, 0.15) is 37.0 Å². The van der Waals surface area contributed by atoms with Gasteiger partial charge in [-0.2, -0.15) is 8.78 Å². The molecule has 31 heavy (non-hydrogen) atoms.